The molecule has 1 aliphatic heterocycles. The Bertz CT molecular complexity index is 755. The quantitative estimate of drug-likeness (QED) is 0.843. The standard InChI is InChI=1S/C14H22N2O4S2.ClH/c1-11-3-4-13(21(2,17)18)9-14(11)22(19,20)16-7-5-12(10-15)6-8-16;/h3-4,9,12H,5-8,10,15H2,1-2H3;1H. The molecule has 2 rings (SSSR count). The van der Waals surface area contributed by atoms with Crippen LogP contribution >= 0.6 is 12.4 Å². The van der Waals surface area contributed by atoms with Gasteiger partial charge in [-0.1, -0.05) is 6.07 Å². The maximum Gasteiger partial charge on any atom is 0.243 e. The van der Waals surface area contributed by atoms with Crippen molar-refractivity contribution in [1.29, 1.82) is 0 Å². The predicted molar refractivity (Wildman–Crippen MR) is 92.1 cm³/mol. The van der Waals surface area contributed by atoms with E-state index >= 15 is 0 Å². The van der Waals surface area contributed by atoms with Gasteiger partial charge in [-0.3, -0.25) is 0 Å². The van der Waals surface area contributed by atoms with Crippen LogP contribution in [-0.2, 0) is 19.9 Å². The zero-order chi connectivity index (χ0) is 16.5. The van der Waals surface area contributed by atoms with Crippen LogP contribution in [0.5, 0.6) is 0 Å². The molecular weight excluding hydrogens is 360 g/mol. The number of rotatable bonds is 4. The van der Waals surface area contributed by atoms with Crippen LogP contribution in [0.4, 0.5) is 0 Å². The van der Waals surface area contributed by atoms with Gasteiger partial charge in [0.1, 0.15) is 0 Å². The molecule has 9 heteroatoms. The Kier molecular flexibility index (Phi) is 6.63. The molecule has 1 fully saturated rings. The molecule has 0 unspecified atom stereocenters. The average molecular weight is 383 g/mol. The van der Waals surface area contributed by atoms with Gasteiger partial charge in [-0.15, -0.1) is 12.4 Å². The maximum atomic E-state index is 12.8. The molecule has 132 valence electrons. The highest BCUT2D eigenvalue weighted by Crippen LogP contribution is 2.27. The highest BCUT2D eigenvalue weighted by atomic mass is 35.5. The molecule has 23 heavy (non-hydrogen) atoms. The fourth-order valence-electron chi connectivity index (χ4n) is 2.61. The lowest BCUT2D eigenvalue weighted by molar-refractivity contribution is 0.278. The van der Waals surface area contributed by atoms with Gasteiger partial charge < -0.3 is 5.73 Å². The van der Waals surface area contributed by atoms with Crippen LogP contribution in [0.2, 0.25) is 0 Å². The van der Waals surface area contributed by atoms with E-state index in [0.29, 0.717) is 31.1 Å². The van der Waals surface area contributed by atoms with E-state index < -0.39 is 19.9 Å². The van der Waals surface area contributed by atoms with E-state index in [-0.39, 0.29) is 22.2 Å². The van der Waals surface area contributed by atoms with Crippen molar-refractivity contribution >= 4 is 32.3 Å². The van der Waals surface area contributed by atoms with Gasteiger partial charge in [-0.05, 0) is 49.9 Å². The van der Waals surface area contributed by atoms with Crippen molar-refractivity contribution in [3.05, 3.63) is 23.8 Å². The summed E-state index contributed by atoms with van der Waals surface area (Å²) in [6.45, 7) is 3.08. The fraction of sp³-hybridized carbons (Fsp3) is 0.571. The molecule has 0 saturated carbocycles. The molecule has 0 atom stereocenters. The lowest BCUT2D eigenvalue weighted by atomic mass is 9.99. The van der Waals surface area contributed by atoms with Crippen LogP contribution in [0.3, 0.4) is 0 Å². The molecular formula is C14H23ClN2O4S2. The summed E-state index contributed by atoms with van der Waals surface area (Å²) in [4.78, 5) is 0.0927. The Labute approximate surface area is 144 Å². The number of halogens is 1. The minimum absolute atomic E-state index is 0. The minimum Gasteiger partial charge on any atom is -0.330 e. The second kappa shape index (κ2) is 7.48. The Morgan fingerprint density at radius 1 is 1.17 bits per heavy atom. The molecule has 1 aromatic rings. The van der Waals surface area contributed by atoms with Crippen LogP contribution in [-0.4, -0.2) is 47.0 Å². The first-order chi connectivity index (χ1) is 10.2. The molecule has 0 radical (unpaired) electrons. The summed E-state index contributed by atoms with van der Waals surface area (Å²) in [5.41, 5.74) is 6.18. The lowest BCUT2D eigenvalue weighted by Gasteiger charge is -2.31. The van der Waals surface area contributed by atoms with Crippen molar-refractivity contribution in [2.75, 3.05) is 25.9 Å². The number of piperidine rings is 1. The minimum atomic E-state index is -3.68. The van der Waals surface area contributed by atoms with Gasteiger partial charge in [-0.25, -0.2) is 16.8 Å². The Morgan fingerprint density at radius 2 is 1.74 bits per heavy atom. The number of benzene rings is 1. The van der Waals surface area contributed by atoms with E-state index in [0.717, 1.165) is 19.1 Å². The largest absolute Gasteiger partial charge is 0.330 e. The van der Waals surface area contributed by atoms with Gasteiger partial charge >= 0.3 is 0 Å². The van der Waals surface area contributed by atoms with Crippen LogP contribution in [0.1, 0.15) is 18.4 Å². The van der Waals surface area contributed by atoms with Crippen LogP contribution < -0.4 is 5.73 Å². The molecule has 0 amide bonds. The zero-order valence-corrected chi connectivity index (χ0v) is 15.7. The number of sulfonamides is 1. The maximum absolute atomic E-state index is 12.8. The number of sulfone groups is 1. The predicted octanol–water partition coefficient (Wildman–Crippen LogP) is 1.18. The van der Waals surface area contributed by atoms with E-state index in [1.54, 1.807) is 6.92 Å². The third-order valence-corrected chi connectivity index (χ3v) is 7.26. The van der Waals surface area contributed by atoms with E-state index in [2.05, 4.69) is 0 Å². The van der Waals surface area contributed by atoms with Crippen molar-refractivity contribution in [2.45, 2.75) is 29.6 Å². The number of aryl methyl sites for hydroxylation is 1. The smallest absolute Gasteiger partial charge is 0.243 e. The first kappa shape index (κ1) is 20.4. The summed E-state index contributed by atoms with van der Waals surface area (Å²) in [6, 6.07) is 4.23. The van der Waals surface area contributed by atoms with Gasteiger partial charge in [-0.2, -0.15) is 4.31 Å². The second-order valence-electron chi connectivity index (χ2n) is 5.78. The van der Waals surface area contributed by atoms with Crippen LogP contribution in [0.25, 0.3) is 0 Å². The number of hydrogen-bond donors (Lipinski definition) is 1. The molecule has 1 saturated heterocycles. The molecule has 1 heterocycles. The number of nitrogens with zero attached hydrogens (tertiary/aromatic N) is 1. The van der Waals surface area contributed by atoms with Crippen molar-refractivity contribution in [3.8, 4) is 0 Å². The highest BCUT2D eigenvalue weighted by molar-refractivity contribution is 7.91. The monoisotopic (exact) mass is 382 g/mol. The number of hydrogen-bond acceptors (Lipinski definition) is 5. The normalized spacial score (nSPS) is 17.7. The summed E-state index contributed by atoms with van der Waals surface area (Å²) in [5, 5.41) is 0. The first-order valence-corrected chi connectivity index (χ1v) is 10.5. The SMILES string of the molecule is Cc1ccc(S(C)(=O)=O)cc1S(=O)(=O)N1CCC(CN)CC1.Cl. The van der Waals surface area contributed by atoms with Crippen LogP contribution in [0.15, 0.2) is 28.0 Å². The summed E-state index contributed by atoms with van der Waals surface area (Å²) in [7, 11) is -7.12. The van der Waals surface area contributed by atoms with Gasteiger partial charge in [0.25, 0.3) is 0 Å². The molecule has 0 aliphatic carbocycles. The van der Waals surface area contributed by atoms with Crippen LogP contribution in [0, 0.1) is 12.8 Å². The fourth-order valence-corrected chi connectivity index (χ4v) is 5.06. The van der Waals surface area contributed by atoms with Crippen molar-refractivity contribution in [2.24, 2.45) is 11.7 Å². The van der Waals surface area contributed by atoms with Gasteiger partial charge in [0, 0.05) is 19.3 Å². The first-order valence-electron chi connectivity index (χ1n) is 7.17. The molecule has 1 aromatic carbocycles. The number of nitrogens with two attached hydrogens (primary N) is 1. The molecule has 1 aliphatic rings. The summed E-state index contributed by atoms with van der Waals surface area (Å²) in [5.74, 6) is 0.356. The lowest BCUT2D eigenvalue weighted by Crippen LogP contribution is -2.40. The Hall–Kier alpha value is -0.670. The highest BCUT2D eigenvalue weighted by Gasteiger charge is 2.30. The van der Waals surface area contributed by atoms with Crippen molar-refractivity contribution in [3.63, 3.8) is 0 Å². The summed E-state index contributed by atoms with van der Waals surface area (Å²) in [6.07, 6.45) is 2.54. The molecule has 6 nitrogen and oxygen atoms in total. The Balaban J connectivity index is 0.00000264. The summed E-state index contributed by atoms with van der Waals surface area (Å²) < 4.78 is 50.3. The Morgan fingerprint density at radius 3 is 2.22 bits per heavy atom. The van der Waals surface area contributed by atoms with Crippen molar-refractivity contribution < 1.29 is 16.8 Å². The molecule has 0 spiro atoms. The molecule has 0 bridgehead atoms. The van der Waals surface area contributed by atoms with Gasteiger partial charge in [0.15, 0.2) is 9.84 Å². The average Bonchev–Trinajstić information content (AvgIpc) is 2.46. The van der Waals surface area contributed by atoms with Gasteiger partial charge in [0.2, 0.25) is 10.0 Å². The zero-order valence-electron chi connectivity index (χ0n) is 13.2. The summed E-state index contributed by atoms with van der Waals surface area (Å²) >= 11 is 0. The van der Waals surface area contributed by atoms with E-state index in [9.17, 15) is 16.8 Å². The second-order valence-corrected chi connectivity index (χ2v) is 9.70. The van der Waals surface area contributed by atoms with E-state index in [1.807, 2.05) is 0 Å². The topological polar surface area (TPSA) is 97.5 Å². The van der Waals surface area contributed by atoms with Gasteiger partial charge in [0.05, 0.1) is 9.79 Å². The third kappa shape index (κ3) is 4.45. The third-order valence-electron chi connectivity index (χ3n) is 4.11. The van der Waals surface area contributed by atoms with Crippen molar-refractivity contribution in [1.82, 2.24) is 4.31 Å². The van der Waals surface area contributed by atoms with E-state index in [4.69, 9.17) is 5.73 Å². The van der Waals surface area contributed by atoms with E-state index in [1.165, 1.54) is 22.5 Å². The molecule has 0 aromatic heterocycles. The molecule has 2 N–H and O–H groups in total.